The smallest absolute Gasteiger partial charge is 0.229 e. The zero-order valence-corrected chi connectivity index (χ0v) is 11.3. The lowest BCUT2D eigenvalue weighted by Gasteiger charge is -2.41. The molecule has 5 heteroatoms. The van der Waals surface area contributed by atoms with E-state index >= 15 is 0 Å². The highest BCUT2D eigenvalue weighted by Gasteiger charge is 2.34. The van der Waals surface area contributed by atoms with E-state index in [0.29, 0.717) is 12.0 Å². The summed E-state index contributed by atoms with van der Waals surface area (Å²) < 4.78 is 11.3. The van der Waals surface area contributed by atoms with E-state index in [1.54, 1.807) is 0 Å². The summed E-state index contributed by atoms with van der Waals surface area (Å²) in [6.07, 6.45) is 7.60. The van der Waals surface area contributed by atoms with E-state index in [0.717, 1.165) is 24.9 Å². The minimum Gasteiger partial charge on any atom is -0.367 e. The Kier molecular flexibility index (Phi) is 3.04. The summed E-state index contributed by atoms with van der Waals surface area (Å²) in [4.78, 5) is 7.10. The molecule has 0 bridgehead atoms. The summed E-state index contributed by atoms with van der Waals surface area (Å²) in [7, 11) is 0. The summed E-state index contributed by atoms with van der Waals surface area (Å²) in [5, 5.41) is 4.14. The van der Waals surface area contributed by atoms with Gasteiger partial charge < -0.3 is 9.26 Å². The molecule has 3 aliphatic rings. The van der Waals surface area contributed by atoms with Crippen molar-refractivity contribution < 1.29 is 9.26 Å². The summed E-state index contributed by atoms with van der Waals surface area (Å²) in [6, 6.07) is 0.614. The molecule has 0 spiro atoms. The molecule has 0 radical (unpaired) electrons. The van der Waals surface area contributed by atoms with Crippen LogP contribution in [0.1, 0.15) is 62.3 Å². The van der Waals surface area contributed by atoms with Gasteiger partial charge in [0.05, 0.1) is 6.61 Å². The van der Waals surface area contributed by atoms with Crippen molar-refractivity contribution in [3.8, 4) is 0 Å². The van der Waals surface area contributed by atoms with E-state index in [-0.39, 0.29) is 6.10 Å². The molecule has 0 amide bonds. The number of piperidine rings is 1. The molecule has 1 aromatic heterocycles. The molecule has 3 heterocycles. The molecule has 2 atom stereocenters. The molecule has 1 aliphatic carbocycles. The van der Waals surface area contributed by atoms with Crippen molar-refractivity contribution in [1.29, 1.82) is 0 Å². The van der Waals surface area contributed by atoms with Gasteiger partial charge >= 0.3 is 0 Å². The standard InChI is InChI=1S/C14H21N3O2/c1-2-7-17-8-12(18-9-11(17)6-1)13-15-14(19-16-13)10-4-3-5-10/h10-12H,1-9H2/t11-,12+/m0/s1. The lowest BCUT2D eigenvalue weighted by Crippen LogP contribution is -2.49. The van der Waals surface area contributed by atoms with Gasteiger partial charge in [0.1, 0.15) is 6.10 Å². The molecule has 5 nitrogen and oxygen atoms in total. The van der Waals surface area contributed by atoms with Crippen LogP contribution in [0.2, 0.25) is 0 Å². The van der Waals surface area contributed by atoms with Gasteiger partial charge in [0.15, 0.2) is 0 Å². The molecule has 0 N–H and O–H groups in total. The first-order chi connectivity index (χ1) is 9.40. The fourth-order valence-electron chi connectivity index (χ4n) is 3.34. The molecular formula is C14H21N3O2. The summed E-state index contributed by atoms with van der Waals surface area (Å²) in [6.45, 7) is 2.93. The maximum Gasteiger partial charge on any atom is 0.229 e. The Morgan fingerprint density at radius 2 is 2.05 bits per heavy atom. The van der Waals surface area contributed by atoms with E-state index in [2.05, 4.69) is 15.0 Å². The summed E-state index contributed by atoms with van der Waals surface area (Å²) >= 11 is 0. The Morgan fingerprint density at radius 1 is 1.11 bits per heavy atom. The number of rotatable bonds is 2. The van der Waals surface area contributed by atoms with Gasteiger partial charge in [-0.15, -0.1) is 0 Å². The number of hydrogen-bond acceptors (Lipinski definition) is 5. The maximum absolute atomic E-state index is 5.95. The molecule has 4 rings (SSSR count). The van der Waals surface area contributed by atoms with Crippen LogP contribution >= 0.6 is 0 Å². The third kappa shape index (κ3) is 2.19. The highest BCUT2D eigenvalue weighted by Crippen LogP contribution is 2.36. The largest absolute Gasteiger partial charge is 0.367 e. The van der Waals surface area contributed by atoms with Crippen LogP contribution in [0, 0.1) is 0 Å². The van der Waals surface area contributed by atoms with E-state index in [4.69, 9.17) is 9.26 Å². The molecule has 0 unspecified atom stereocenters. The number of nitrogens with zero attached hydrogens (tertiary/aromatic N) is 3. The monoisotopic (exact) mass is 263 g/mol. The Balaban J connectivity index is 1.45. The number of ether oxygens (including phenoxy) is 1. The summed E-state index contributed by atoms with van der Waals surface area (Å²) in [5.74, 6) is 2.09. The van der Waals surface area contributed by atoms with Crippen molar-refractivity contribution in [3.63, 3.8) is 0 Å². The van der Waals surface area contributed by atoms with Gasteiger partial charge in [0, 0.05) is 18.5 Å². The van der Waals surface area contributed by atoms with Gasteiger partial charge in [-0.05, 0) is 32.2 Å². The average molecular weight is 263 g/mol. The molecule has 3 fully saturated rings. The minimum atomic E-state index is 0.00641. The number of hydrogen-bond donors (Lipinski definition) is 0. The third-order valence-corrected chi connectivity index (χ3v) is 4.84. The van der Waals surface area contributed by atoms with Crippen LogP contribution in [0.3, 0.4) is 0 Å². The quantitative estimate of drug-likeness (QED) is 0.819. The van der Waals surface area contributed by atoms with Crippen LogP contribution in [0.25, 0.3) is 0 Å². The van der Waals surface area contributed by atoms with E-state index in [9.17, 15) is 0 Å². The van der Waals surface area contributed by atoms with Gasteiger partial charge in [0.2, 0.25) is 11.7 Å². The molecule has 104 valence electrons. The molecule has 19 heavy (non-hydrogen) atoms. The van der Waals surface area contributed by atoms with Crippen LogP contribution in [0.15, 0.2) is 4.52 Å². The van der Waals surface area contributed by atoms with Crippen LogP contribution in [-0.2, 0) is 4.74 Å². The Labute approximate surface area is 113 Å². The molecule has 1 saturated carbocycles. The van der Waals surface area contributed by atoms with Gasteiger partial charge in [-0.2, -0.15) is 4.98 Å². The average Bonchev–Trinajstić information content (AvgIpc) is 2.85. The number of morpholine rings is 1. The first-order valence-corrected chi connectivity index (χ1v) is 7.59. The van der Waals surface area contributed by atoms with Crippen molar-refractivity contribution in [3.05, 3.63) is 11.7 Å². The lowest BCUT2D eigenvalue weighted by atomic mass is 9.85. The van der Waals surface area contributed by atoms with Crippen molar-refractivity contribution >= 4 is 0 Å². The van der Waals surface area contributed by atoms with E-state index < -0.39 is 0 Å². The second-order valence-electron chi connectivity index (χ2n) is 6.09. The first kappa shape index (κ1) is 11.9. The maximum atomic E-state index is 5.95. The van der Waals surface area contributed by atoms with Crippen molar-refractivity contribution in [2.24, 2.45) is 0 Å². The number of fused-ring (bicyclic) bond motifs is 1. The van der Waals surface area contributed by atoms with Crippen LogP contribution in [-0.4, -0.2) is 40.8 Å². The second kappa shape index (κ2) is 4.87. The molecule has 2 aliphatic heterocycles. The van der Waals surface area contributed by atoms with Gasteiger partial charge in [-0.3, -0.25) is 4.90 Å². The Bertz CT molecular complexity index is 444. The SMILES string of the molecule is C1CC(c2nc([C@H]3CN4CCCC[C@H]4CO3)no2)C1. The van der Waals surface area contributed by atoms with Crippen molar-refractivity contribution in [2.45, 2.75) is 56.6 Å². The highest BCUT2D eigenvalue weighted by molar-refractivity contribution is 5.01. The number of aromatic nitrogens is 2. The molecule has 0 aromatic carbocycles. The predicted octanol–water partition coefficient (Wildman–Crippen LogP) is 2.26. The second-order valence-corrected chi connectivity index (χ2v) is 6.09. The van der Waals surface area contributed by atoms with Crippen LogP contribution in [0.5, 0.6) is 0 Å². The topological polar surface area (TPSA) is 51.4 Å². The highest BCUT2D eigenvalue weighted by atomic mass is 16.5. The van der Waals surface area contributed by atoms with Gasteiger partial charge in [-0.25, -0.2) is 0 Å². The third-order valence-electron chi connectivity index (χ3n) is 4.84. The predicted molar refractivity (Wildman–Crippen MR) is 68.8 cm³/mol. The lowest BCUT2D eigenvalue weighted by molar-refractivity contribution is -0.0805. The fourth-order valence-corrected chi connectivity index (χ4v) is 3.34. The minimum absolute atomic E-state index is 0.00641. The van der Waals surface area contributed by atoms with E-state index in [1.807, 2.05) is 0 Å². The zero-order valence-electron chi connectivity index (χ0n) is 11.3. The van der Waals surface area contributed by atoms with Crippen LogP contribution < -0.4 is 0 Å². The molecule has 2 saturated heterocycles. The first-order valence-electron chi connectivity index (χ1n) is 7.59. The van der Waals surface area contributed by atoms with E-state index in [1.165, 1.54) is 45.1 Å². The zero-order chi connectivity index (χ0) is 12.7. The fraction of sp³-hybridized carbons (Fsp3) is 0.857. The normalized spacial score (nSPS) is 32.8. The van der Waals surface area contributed by atoms with Crippen molar-refractivity contribution in [2.75, 3.05) is 19.7 Å². The van der Waals surface area contributed by atoms with Crippen LogP contribution in [0.4, 0.5) is 0 Å². The Morgan fingerprint density at radius 3 is 2.89 bits per heavy atom. The molecular weight excluding hydrogens is 242 g/mol. The summed E-state index contributed by atoms with van der Waals surface area (Å²) in [5.41, 5.74) is 0. The molecule has 1 aromatic rings. The van der Waals surface area contributed by atoms with Gasteiger partial charge in [-0.1, -0.05) is 18.0 Å². The Hall–Kier alpha value is -0.940. The van der Waals surface area contributed by atoms with Crippen molar-refractivity contribution in [1.82, 2.24) is 15.0 Å². The van der Waals surface area contributed by atoms with Gasteiger partial charge in [0.25, 0.3) is 0 Å².